The number of rotatable bonds is 19. The molecule has 0 aliphatic heterocycles. The third kappa shape index (κ3) is 36.3. The van der Waals surface area contributed by atoms with Crippen LogP contribution in [0.25, 0.3) is 0 Å². The van der Waals surface area contributed by atoms with Crippen LogP contribution in [0.5, 0.6) is 0 Å². The first-order valence-electron chi connectivity index (χ1n) is 11.6. The van der Waals surface area contributed by atoms with Crippen LogP contribution in [0.1, 0.15) is 136 Å². The van der Waals surface area contributed by atoms with E-state index in [0.29, 0.717) is 0 Å². The third-order valence-electron chi connectivity index (χ3n) is 4.81. The number of hydrogen-bond donors (Lipinski definition) is 0. The fourth-order valence-corrected chi connectivity index (χ4v) is 3.25. The summed E-state index contributed by atoms with van der Waals surface area (Å²) in [6, 6.07) is 0. The summed E-state index contributed by atoms with van der Waals surface area (Å²) in [7, 11) is 5.42. The fraction of sp³-hybridized carbons (Fsp3) is 1.00. The van der Waals surface area contributed by atoms with Gasteiger partial charge in [-0.1, -0.05) is 142 Å². The van der Waals surface area contributed by atoms with E-state index in [9.17, 15) is 0 Å². The van der Waals surface area contributed by atoms with Gasteiger partial charge < -0.3 is 12.6 Å². The molecule has 0 aromatic rings. The summed E-state index contributed by atoms with van der Waals surface area (Å²) in [6.07, 6.45) is 27.4. The Labute approximate surface area is 196 Å². The van der Waals surface area contributed by atoms with Gasteiger partial charge in [0.1, 0.15) is 0 Å². The van der Waals surface area contributed by atoms with E-state index in [-0.39, 0.29) is 29.6 Å². The number of unbranched alkanes of at least 4 members (excludes halogenated alkanes) is 17. The zero-order valence-corrected chi connectivity index (χ0v) is 21.7. The van der Waals surface area contributed by atoms with E-state index in [0.717, 1.165) is 12.1 Å². The van der Waals surface area contributed by atoms with Gasteiger partial charge in [0.2, 0.25) is 0 Å². The van der Waals surface area contributed by atoms with Crippen LogP contribution in [-0.4, -0.2) is 13.6 Å². The summed E-state index contributed by atoms with van der Waals surface area (Å²) in [4.78, 5) is 0. The molecule has 0 aromatic heterocycles. The smallest absolute Gasteiger partial charge is 0.793 e. The first-order chi connectivity index (χ1) is 12.3. The maximum absolute atomic E-state index is 5.42. The molecule has 26 heavy (non-hydrogen) atoms. The maximum Gasteiger partial charge on any atom is 1.00 e. The van der Waals surface area contributed by atoms with Crippen LogP contribution in [0.15, 0.2) is 0 Å². The Kier molecular flexibility index (Phi) is 41.9. The molecule has 0 amide bonds. The van der Waals surface area contributed by atoms with Crippen molar-refractivity contribution in [2.24, 2.45) is 0 Å². The molecule has 0 nitrogen and oxygen atoms in total. The molecule has 3 heteroatoms. The fourth-order valence-electron chi connectivity index (χ4n) is 3.04. The summed E-state index contributed by atoms with van der Waals surface area (Å²) in [6.45, 7) is 4.54. The van der Waals surface area contributed by atoms with Crippen molar-refractivity contribution in [2.75, 3.05) is 5.75 Å². The molecule has 0 fully saturated rings. The Morgan fingerprint density at radius 3 is 1.00 bits per heavy atom. The van der Waals surface area contributed by atoms with Crippen LogP contribution in [0.4, 0.5) is 0 Å². The van der Waals surface area contributed by atoms with E-state index < -0.39 is 0 Å². The largest absolute Gasteiger partial charge is 1.00 e. The molecule has 0 rings (SSSR count). The number of hydrogen-bond acceptors (Lipinski definition) is 1. The summed E-state index contributed by atoms with van der Waals surface area (Å²) in [5.41, 5.74) is 0. The molecule has 2 radical (unpaired) electrons. The van der Waals surface area contributed by atoms with E-state index in [1.165, 1.54) is 122 Å². The molecular formula is C23H48BNaS. The predicted octanol–water partition coefficient (Wildman–Crippen LogP) is 5.56. The van der Waals surface area contributed by atoms with Gasteiger partial charge in [0.25, 0.3) is 0 Å². The zero-order valence-electron chi connectivity index (χ0n) is 18.8. The minimum absolute atomic E-state index is 0. The van der Waals surface area contributed by atoms with Crippen molar-refractivity contribution in [2.45, 2.75) is 142 Å². The van der Waals surface area contributed by atoms with Crippen molar-refractivity contribution in [3.63, 3.8) is 0 Å². The van der Waals surface area contributed by atoms with Gasteiger partial charge in [-0.3, -0.25) is 0 Å². The van der Waals surface area contributed by atoms with E-state index >= 15 is 0 Å². The monoisotopic (exact) mass is 390 g/mol. The second-order valence-electron chi connectivity index (χ2n) is 7.50. The Morgan fingerprint density at radius 1 is 0.462 bits per heavy atom. The van der Waals surface area contributed by atoms with Gasteiger partial charge in [-0.05, 0) is 0 Å². The Hall–Kier alpha value is 1.41. The van der Waals surface area contributed by atoms with Crippen molar-refractivity contribution < 1.29 is 29.6 Å². The predicted molar refractivity (Wildman–Crippen MR) is 122 cm³/mol. The Balaban J connectivity index is -0.000000393. The standard InChI is InChI=1S/C12H25B.C11H24S.Na/c1-2-3-4-5-6-7-8-9-10-11-12-13;1-2-3-4-5-6-7-8-9-10-11-12;/h2-12H2,1H3;12H,2-11H2,1H3;/q;;+1/p-1. The molecule has 0 bridgehead atoms. The van der Waals surface area contributed by atoms with E-state index in [2.05, 4.69) is 13.8 Å². The molecule has 150 valence electrons. The third-order valence-corrected chi connectivity index (χ3v) is 5.09. The van der Waals surface area contributed by atoms with E-state index in [1.807, 2.05) is 0 Å². The van der Waals surface area contributed by atoms with Crippen LogP contribution in [0.3, 0.4) is 0 Å². The summed E-state index contributed by atoms with van der Waals surface area (Å²) in [5, 5.41) is 0. The van der Waals surface area contributed by atoms with E-state index in [4.69, 9.17) is 20.5 Å². The van der Waals surface area contributed by atoms with E-state index in [1.54, 1.807) is 0 Å². The molecule has 0 atom stereocenters. The average Bonchev–Trinajstić information content (AvgIpc) is 2.63. The topological polar surface area (TPSA) is 0 Å². The molecule has 0 spiro atoms. The normalized spacial score (nSPS) is 10.1. The molecule has 0 aliphatic carbocycles. The second-order valence-corrected chi connectivity index (χ2v) is 7.91. The van der Waals surface area contributed by atoms with Crippen LogP contribution < -0.4 is 29.6 Å². The summed E-state index contributed by atoms with van der Waals surface area (Å²) < 4.78 is 0. The Morgan fingerprint density at radius 2 is 0.731 bits per heavy atom. The average molecular weight is 391 g/mol. The summed E-state index contributed by atoms with van der Waals surface area (Å²) >= 11 is 4.89. The van der Waals surface area contributed by atoms with Crippen molar-refractivity contribution >= 4 is 20.5 Å². The molecule has 0 aliphatic rings. The van der Waals surface area contributed by atoms with Crippen LogP contribution in [0, 0.1) is 0 Å². The van der Waals surface area contributed by atoms with Gasteiger partial charge in [-0.2, -0.15) is 5.75 Å². The first kappa shape index (κ1) is 32.1. The zero-order chi connectivity index (χ0) is 18.8. The van der Waals surface area contributed by atoms with Crippen LogP contribution in [-0.2, 0) is 12.6 Å². The molecule has 0 saturated heterocycles. The molecule has 0 heterocycles. The minimum Gasteiger partial charge on any atom is -0.793 e. The summed E-state index contributed by atoms with van der Waals surface area (Å²) in [5.74, 6) is 0.954. The van der Waals surface area contributed by atoms with Crippen LogP contribution >= 0.6 is 0 Å². The van der Waals surface area contributed by atoms with Crippen molar-refractivity contribution in [3.05, 3.63) is 0 Å². The van der Waals surface area contributed by atoms with Crippen molar-refractivity contribution in [1.82, 2.24) is 0 Å². The van der Waals surface area contributed by atoms with Gasteiger partial charge >= 0.3 is 29.6 Å². The minimum atomic E-state index is 0. The molecular weight excluding hydrogens is 342 g/mol. The van der Waals surface area contributed by atoms with Crippen molar-refractivity contribution in [3.8, 4) is 0 Å². The quantitative estimate of drug-likeness (QED) is 0.158. The van der Waals surface area contributed by atoms with Crippen LogP contribution in [0.2, 0.25) is 6.32 Å². The first-order valence-corrected chi connectivity index (χ1v) is 12.2. The van der Waals surface area contributed by atoms with Crippen molar-refractivity contribution in [1.29, 1.82) is 0 Å². The molecule has 0 unspecified atom stereocenters. The van der Waals surface area contributed by atoms with Gasteiger partial charge in [-0.15, -0.1) is 0 Å². The molecule has 0 N–H and O–H groups in total. The van der Waals surface area contributed by atoms with Gasteiger partial charge in [0, 0.05) is 0 Å². The Bertz CT molecular complexity index is 183. The SMILES string of the molecule is CCCCCCCCCCC[S-].[B]CCCCCCCCCCCC.[Na+]. The van der Waals surface area contributed by atoms with Gasteiger partial charge in [-0.25, -0.2) is 0 Å². The second kappa shape index (κ2) is 34.0. The van der Waals surface area contributed by atoms with Gasteiger partial charge in [0.15, 0.2) is 0 Å². The van der Waals surface area contributed by atoms with Gasteiger partial charge in [0.05, 0.1) is 7.85 Å². The molecule has 0 aromatic carbocycles. The molecule has 0 saturated carbocycles. The maximum atomic E-state index is 5.42.